The third-order valence-corrected chi connectivity index (χ3v) is 4.25. The molecule has 0 aliphatic carbocycles. The van der Waals surface area contributed by atoms with Crippen molar-refractivity contribution >= 4 is 11.8 Å². The van der Waals surface area contributed by atoms with Crippen LogP contribution in [0.25, 0.3) is 0 Å². The molecule has 8 heteroatoms. The van der Waals surface area contributed by atoms with Gasteiger partial charge in [0.2, 0.25) is 11.8 Å². The number of halogens is 2. The van der Waals surface area contributed by atoms with Crippen LogP contribution in [0.3, 0.4) is 0 Å². The van der Waals surface area contributed by atoms with Crippen LogP contribution in [0.1, 0.15) is 32.8 Å². The van der Waals surface area contributed by atoms with Gasteiger partial charge in [-0.05, 0) is 51.0 Å². The van der Waals surface area contributed by atoms with Crippen molar-refractivity contribution in [3.8, 4) is 0 Å². The molecule has 6 nitrogen and oxygen atoms in total. The molecule has 0 aromatic heterocycles. The molecule has 0 spiro atoms. The lowest BCUT2D eigenvalue weighted by molar-refractivity contribution is -0.148. The maximum atomic E-state index is 13.8. The van der Waals surface area contributed by atoms with E-state index in [4.69, 9.17) is 10.5 Å². The minimum Gasteiger partial charge on any atom is -0.373 e. The molecule has 0 unspecified atom stereocenters. The Bertz CT molecular complexity index is 691. The zero-order valence-corrected chi connectivity index (χ0v) is 15.9. The van der Waals surface area contributed by atoms with Crippen molar-refractivity contribution in [2.75, 3.05) is 19.7 Å². The Hall–Kier alpha value is -2.06. The maximum Gasteiger partial charge on any atom is 0.245 e. The molecule has 0 bridgehead atoms. The Kier molecular flexibility index (Phi) is 6.89. The average Bonchev–Trinajstić information content (AvgIpc) is 2.56. The molecule has 2 atom stereocenters. The molecule has 2 rings (SSSR count). The number of amides is 2. The van der Waals surface area contributed by atoms with E-state index >= 15 is 0 Å². The fourth-order valence-corrected chi connectivity index (χ4v) is 2.90. The number of hydrogen-bond donors (Lipinski definition) is 2. The summed E-state index contributed by atoms with van der Waals surface area (Å²) in [6.45, 7) is 6.37. The van der Waals surface area contributed by atoms with Crippen LogP contribution in [0.2, 0.25) is 0 Å². The summed E-state index contributed by atoms with van der Waals surface area (Å²) in [5, 5.41) is 2.72. The Balaban J connectivity index is 2.00. The minimum atomic E-state index is -0.733. The normalized spacial score (nSPS) is 19.0. The highest BCUT2D eigenvalue weighted by Crippen LogP contribution is 2.16. The third-order valence-electron chi connectivity index (χ3n) is 4.25. The average molecular weight is 383 g/mol. The van der Waals surface area contributed by atoms with E-state index in [1.165, 1.54) is 4.90 Å². The summed E-state index contributed by atoms with van der Waals surface area (Å²) >= 11 is 0. The first-order chi connectivity index (χ1) is 12.6. The zero-order chi connectivity index (χ0) is 20.2. The van der Waals surface area contributed by atoms with Crippen molar-refractivity contribution in [2.24, 2.45) is 5.73 Å². The lowest BCUT2D eigenvalue weighted by Gasteiger charge is -2.36. The van der Waals surface area contributed by atoms with Crippen LogP contribution >= 0.6 is 0 Å². The maximum absolute atomic E-state index is 13.8. The molecular formula is C19H27F2N3O3. The van der Waals surface area contributed by atoms with Gasteiger partial charge in [0.05, 0.1) is 12.2 Å². The fraction of sp³-hybridized carbons (Fsp3) is 0.579. The highest BCUT2D eigenvalue weighted by Gasteiger charge is 2.34. The van der Waals surface area contributed by atoms with E-state index in [-0.39, 0.29) is 36.8 Å². The van der Waals surface area contributed by atoms with Gasteiger partial charge < -0.3 is 20.7 Å². The molecule has 1 saturated heterocycles. The molecule has 0 saturated carbocycles. The zero-order valence-electron chi connectivity index (χ0n) is 15.9. The molecule has 1 aliphatic heterocycles. The first kappa shape index (κ1) is 21.2. The number of ether oxygens (including phenoxy) is 1. The summed E-state index contributed by atoms with van der Waals surface area (Å²) in [5.41, 5.74) is 5.66. The van der Waals surface area contributed by atoms with Crippen molar-refractivity contribution in [1.29, 1.82) is 0 Å². The molecule has 3 N–H and O–H groups in total. The Morgan fingerprint density at radius 3 is 2.78 bits per heavy atom. The summed E-state index contributed by atoms with van der Waals surface area (Å²) < 4.78 is 32.7. The van der Waals surface area contributed by atoms with Crippen LogP contribution in [-0.2, 0) is 20.7 Å². The van der Waals surface area contributed by atoms with Gasteiger partial charge in [0, 0.05) is 25.6 Å². The smallest absolute Gasteiger partial charge is 0.245 e. The van der Waals surface area contributed by atoms with Crippen LogP contribution < -0.4 is 11.1 Å². The van der Waals surface area contributed by atoms with E-state index in [9.17, 15) is 18.4 Å². The standard InChI is InChI=1S/C19H27F2N3O3/c1-19(2,3)27-11-16-18(26)23-6-7-24(16)17(25)10-14(22)9-12-8-13(20)4-5-15(12)21/h4-5,8,14,16H,6-7,9-11,22H2,1-3H3,(H,23,26)/t14-,16-/m1/s1. The lowest BCUT2D eigenvalue weighted by Crippen LogP contribution is -2.60. The van der Waals surface area contributed by atoms with Crippen molar-refractivity contribution in [3.63, 3.8) is 0 Å². The molecule has 0 radical (unpaired) electrons. The van der Waals surface area contributed by atoms with Gasteiger partial charge in [0.15, 0.2) is 0 Å². The van der Waals surface area contributed by atoms with Crippen molar-refractivity contribution in [1.82, 2.24) is 10.2 Å². The summed E-state index contributed by atoms with van der Waals surface area (Å²) in [6, 6.07) is 1.72. The number of piperazine rings is 1. The lowest BCUT2D eigenvalue weighted by atomic mass is 10.0. The van der Waals surface area contributed by atoms with E-state index in [0.29, 0.717) is 13.1 Å². The molecule has 150 valence electrons. The molecular weight excluding hydrogens is 356 g/mol. The molecule has 27 heavy (non-hydrogen) atoms. The monoisotopic (exact) mass is 383 g/mol. The van der Waals surface area contributed by atoms with Crippen LogP contribution in [-0.4, -0.2) is 54.1 Å². The minimum absolute atomic E-state index is 0.0263. The number of rotatable bonds is 6. The number of hydrogen-bond acceptors (Lipinski definition) is 4. The fourth-order valence-electron chi connectivity index (χ4n) is 2.90. The van der Waals surface area contributed by atoms with Crippen molar-refractivity contribution in [3.05, 3.63) is 35.4 Å². The van der Waals surface area contributed by atoms with E-state index < -0.39 is 29.3 Å². The largest absolute Gasteiger partial charge is 0.373 e. The van der Waals surface area contributed by atoms with Gasteiger partial charge in [-0.25, -0.2) is 8.78 Å². The van der Waals surface area contributed by atoms with E-state index in [1.54, 1.807) is 0 Å². The van der Waals surface area contributed by atoms with Gasteiger partial charge in [0.1, 0.15) is 17.7 Å². The van der Waals surface area contributed by atoms with E-state index in [1.807, 2.05) is 20.8 Å². The Morgan fingerprint density at radius 2 is 2.11 bits per heavy atom. The molecule has 1 fully saturated rings. The van der Waals surface area contributed by atoms with Crippen LogP contribution in [0.4, 0.5) is 8.78 Å². The molecule has 1 heterocycles. The number of carbonyl (C=O) groups excluding carboxylic acids is 2. The number of nitrogens with two attached hydrogens (primary N) is 1. The molecule has 1 aliphatic rings. The first-order valence-corrected chi connectivity index (χ1v) is 8.97. The molecule has 1 aromatic rings. The van der Waals surface area contributed by atoms with E-state index in [0.717, 1.165) is 18.2 Å². The molecule has 2 amide bonds. The van der Waals surface area contributed by atoms with Crippen LogP contribution in [0.5, 0.6) is 0 Å². The van der Waals surface area contributed by atoms with Crippen LogP contribution in [0, 0.1) is 11.6 Å². The Labute approximate surface area is 158 Å². The second-order valence-electron chi connectivity index (χ2n) is 7.72. The number of nitrogens with zero attached hydrogens (tertiary/aromatic N) is 1. The topological polar surface area (TPSA) is 84.7 Å². The number of benzene rings is 1. The van der Waals surface area contributed by atoms with Crippen LogP contribution in [0.15, 0.2) is 18.2 Å². The second kappa shape index (κ2) is 8.75. The van der Waals surface area contributed by atoms with Crippen molar-refractivity contribution < 1.29 is 23.1 Å². The van der Waals surface area contributed by atoms with Gasteiger partial charge in [-0.2, -0.15) is 0 Å². The predicted molar refractivity (Wildman–Crippen MR) is 96.9 cm³/mol. The van der Waals surface area contributed by atoms with E-state index in [2.05, 4.69) is 5.32 Å². The van der Waals surface area contributed by atoms with Gasteiger partial charge in [-0.15, -0.1) is 0 Å². The highest BCUT2D eigenvalue weighted by atomic mass is 19.1. The van der Waals surface area contributed by atoms with Gasteiger partial charge in [-0.1, -0.05) is 0 Å². The van der Waals surface area contributed by atoms with Gasteiger partial charge in [-0.3, -0.25) is 9.59 Å². The highest BCUT2D eigenvalue weighted by molar-refractivity contribution is 5.89. The van der Waals surface area contributed by atoms with Gasteiger partial charge in [0.25, 0.3) is 0 Å². The quantitative estimate of drug-likeness (QED) is 0.777. The Morgan fingerprint density at radius 1 is 1.41 bits per heavy atom. The summed E-state index contributed by atoms with van der Waals surface area (Å²) in [7, 11) is 0. The van der Waals surface area contributed by atoms with Crippen molar-refractivity contribution in [2.45, 2.75) is 51.3 Å². The number of nitrogens with one attached hydrogen (secondary N) is 1. The third kappa shape index (κ3) is 6.25. The summed E-state index contributed by atoms with van der Waals surface area (Å²) in [6.07, 6.45) is -0.0478. The SMILES string of the molecule is CC(C)(C)OC[C@@H]1C(=O)NCCN1C(=O)C[C@H](N)Cc1cc(F)ccc1F. The predicted octanol–water partition coefficient (Wildman–Crippen LogP) is 1.37. The second-order valence-corrected chi connectivity index (χ2v) is 7.72. The summed E-state index contributed by atoms with van der Waals surface area (Å²) in [5.74, 6) is -1.70. The van der Waals surface area contributed by atoms with Gasteiger partial charge >= 0.3 is 0 Å². The first-order valence-electron chi connectivity index (χ1n) is 8.97. The summed E-state index contributed by atoms with van der Waals surface area (Å²) in [4.78, 5) is 26.3. The molecule has 1 aromatic carbocycles. The number of carbonyl (C=O) groups is 2.